The lowest BCUT2D eigenvalue weighted by Gasteiger charge is -2.10. The molecule has 0 spiro atoms. The second kappa shape index (κ2) is 6.27. The van der Waals surface area contributed by atoms with E-state index in [-0.39, 0.29) is 13.2 Å². The fourth-order valence-corrected chi connectivity index (χ4v) is 1.80. The Morgan fingerprint density at radius 1 is 1.19 bits per heavy atom. The minimum Gasteiger partial charge on any atom is -0.489 e. The van der Waals surface area contributed by atoms with Crippen LogP contribution in [-0.4, -0.2) is 4.92 Å². The maximum atomic E-state index is 13.5. The molecule has 0 heterocycles. The van der Waals surface area contributed by atoms with Gasteiger partial charge in [0.05, 0.1) is 4.92 Å². The number of rotatable bonds is 5. The van der Waals surface area contributed by atoms with Crippen molar-refractivity contribution in [2.24, 2.45) is 5.73 Å². The van der Waals surface area contributed by atoms with Crippen molar-refractivity contribution in [2.75, 3.05) is 0 Å². The van der Waals surface area contributed by atoms with E-state index in [9.17, 15) is 18.9 Å². The van der Waals surface area contributed by atoms with Crippen molar-refractivity contribution < 1.29 is 18.4 Å². The van der Waals surface area contributed by atoms with Gasteiger partial charge >= 0.3 is 5.69 Å². The van der Waals surface area contributed by atoms with Crippen LogP contribution in [0.15, 0.2) is 36.4 Å². The third-order valence-corrected chi connectivity index (χ3v) is 2.85. The van der Waals surface area contributed by atoms with Gasteiger partial charge < -0.3 is 10.5 Å². The average molecular weight is 294 g/mol. The van der Waals surface area contributed by atoms with E-state index >= 15 is 0 Å². The van der Waals surface area contributed by atoms with Gasteiger partial charge in [0.2, 0.25) is 5.82 Å². The first-order valence-electron chi connectivity index (χ1n) is 6.05. The second-order valence-corrected chi connectivity index (χ2v) is 4.29. The van der Waals surface area contributed by atoms with Crippen LogP contribution in [0, 0.1) is 21.7 Å². The predicted molar refractivity (Wildman–Crippen MR) is 71.7 cm³/mol. The number of hydrogen-bond acceptors (Lipinski definition) is 4. The molecule has 0 unspecified atom stereocenters. The molecule has 0 atom stereocenters. The van der Waals surface area contributed by atoms with Crippen molar-refractivity contribution in [1.29, 1.82) is 0 Å². The van der Waals surface area contributed by atoms with Crippen LogP contribution >= 0.6 is 0 Å². The van der Waals surface area contributed by atoms with E-state index < -0.39 is 22.2 Å². The van der Waals surface area contributed by atoms with Crippen molar-refractivity contribution in [2.45, 2.75) is 13.2 Å². The smallest absolute Gasteiger partial charge is 0.304 e. The first-order valence-corrected chi connectivity index (χ1v) is 6.05. The maximum Gasteiger partial charge on any atom is 0.304 e. The zero-order chi connectivity index (χ0) is 15.4. The maximum absolute atomic E-state index is 13.5. The Morgan fingerprint density at radius 3 is 2.57 bits per heavy atom. The van der Waals surface area contributed by atoms with Crippen LogP contribution in [0.5, 0.6) is 5.75 Å². The van der Waals surface area contributed by atoms with E-state index in [2.05, 4.69) is 0 Å². The van der Waals surface area contributed by atoms with E-state index in [4.69, 9.17) is 10.5 Å². The molecular formula is C14H12F2N2O3. The zero-order valence-corrected chi connectivity index (χ0v) is 10.9. The van der Waals surface area contributed by atoms with Crippen molar-refractivity contribution in [3.63, 3.8) is 0 Å². The molecule has 0 aliphatic rings. The molecule has 110 valence electrons. The van der Waals surface area contributed by atoms with Crippen LogP contribution in [0.25, 0.3) is 0 Å². The van der Waals surface area contributed by atoms with Crippen LogP contribution in [0.3, 0.4) is 0 Å². The second-order valence-electron chi connectivity index (χ2n) is 4.29. The molecule has 5 nitrogen and oxygen atoms in total. The van der Waals surface area contributed by atoms with E-state index in [0.717, 1.165) is 12.1 Å². The Bertz CT molecular complexity index is 677. The molecule has 0 radical (unpaired) electrons. The number of hydrogen-bond donors (Lipinski definition) is 1. The lowest BCUT2D eigenvalue weighted by atomic mass is 10.2. The number of nitrogens with two attached hydrogens (primary N) is 1. The molecule has 7 heteroatoms. The van der Waals surface area contributed by atoms with Gasteiger partial charge in [-0.3, -0.25) is 10.1 Å². The highest BCUT2D eigenvalue weighted by molar-refractivity contribution is 5.36. The van der Waals surface area contributed by atoms with E-state index in [0.29, 0.717) is 16.9 Å². The molecule has 0 aromatic heterocycles. The van der Waals surface area contributed by atoms with Gasteiger partial charge in [-0.15, -0.1) is 0 Å². The molecule has 0 saturated carbocycles. The van der Waals surface area contributed by atoms with E-state index in [1.807, 2.05) is 0 Å². The molecule has 2 aromatic carbocycles. The summed E-state index contributed by atoms with van der Waals surface area (Å²) in [6, 6.07) is 7.41. The Balaban J connectivity index is 2.13. The lowest BCUT2D eigenvalue weighted by molar-refractivity contribution is -0.387. The fourth-order valence-electron chi connectivity index (χ4n) is 1.80. The molecule has 2 rings (SSSR count). The van der Waals surface area contributed by atoms with Crippen molar-refractivity contribution in [1.82, 2.24) is 0 Å². The Morgan fingerprint density at radius 2 is 1.95 bits per heavy atom. The monoisotopic (exact) mass is 294 g/mol. The molecule has 0 bridgehead atoms. The number of nitro benzene ring substituents is 1. The fraction of sp³-hybridized carbons (Fsp3) is 0.143. The molecule has 2 aromatic rings. The van der Waals surface area contributed by atoms with Crippen LogP contribution in [0.1, 0.15) is 11.1 Å². The lowest BCUT2D eigenvalue weighted by Crippen LogP contribution is -2.04. The number of benzene rings is 2. The summed E-state index contributed by atoms with van der Waals surface area (Å²) in [5.41, 5.74) is 5.80. The third kappa shape index (κ3) is 3.51. The molecule has 21 heavy (non-hydrogen) atoms. The number of nitro groups is 1. The van der Waals surface area contributed by atoms with Gasteiger partial charge in [-0.05, 0) is 35.9 Å². The molecule has 0 amide bonds. The highest BCUT2D eigenvalue weighted by Crippen LogP contribution is 2.22. The van der Waals surface area contributed by atoms with Crippen LogP contribution < -0.4 is 10.5 Å². The highest BCUT2D eigenvalue weighted by Gasteiger charge is 2.14. The normalized spacial score (nSPS) is 10.4. The van der Waals surface area contributed by atoms with Gasteiger partial charge in [0.1, 0.15) is 18.2 Å². The molecule has 2 N–H and O–H groups in total. The number of nitrogens with zero attached hydrogens (tertiary/aromatic N) is 1. The van der Waals surface area contributed by atoms with Gasteiger partial charge in [-0.2, -0.15) is 4.39 Å². The SMILES string of the molecule is NCc1cc(F)ccc1OCc1ccc([N+](=O)[O-])c(F)c1. The van der Waals surface area contributed by atoms with E-state index in [1.165, 1.54) is 24.3 Å². The van der Waals surface area contributed by atoms with Gasteiger partial charge in [-0.25, -0.2) is 4.39 Å². The van der Waals surface area contributed by atoms with Crippen LogP contribution in [0.2, 0.25) is 0 Å². The van der Waals surface area contributed by atoms with E-state index in [1.54, 1.807) is 0 Å². The summed E-state index contributed by atoms with van der Waals surface area (Å²) >= 11 is 0. The summed E-state index contributed by atoms with van der Waals surface area (Å²) in [5, 5.41) is 10.5. The highest BCUT2D eigenvalue weighted by atomic mass is 19.1. The average Bonchev–Trinajstić information content (AvgIpc) is 2.45. The zero-order valence-electron chi connectivity index (χ0n) is 10.9. The Hall–Kier alpha value is -2.54. The minimum absolute atomic E-state index is 0.00640. The summed E-state index contributed by atoms with van der Waals surface area (Å²) < 4.78 is 31.9. The molecule has 0 aliphatic heterocycles. The van der Waals surface area contributed by atoms with Gasteiger partial charge in [0, 0.05) is 18.2 Å². The number of halogens is 2. The largest absolute Gasteiger partial charge is 0.489 e. The molecule has 0 fully saturated rings. The predicted octanol–water partition coefficient (Wildman–Crippen LogP) is 2.91. The summed E-state index contributed by atoms with van der Waals surface area (Å²) in [7, 11) is 0. The topological polar surface area (TPSA) is 78.4 Å². The van der Waals surface area contributed by atoms with Gasteiger partial charge in [-0.1, -0.05) is 0 Å². The number of ether oxygens (including phenoxy) is 1. The Labute approximate surface area is 119 Å². The summed E-state index contributed by atoms with van der Waals surface area (Å²) in [6.45, 7) is 0.0925. The van der Waals surface area contributed by atoms with Crippen LogP contribution in [0.4, 0.5) is 14.5 Å². The molecule has 0 aliphatic carbocycles. The molecule has 0 saturated heterocycles. The van der Waals surface area contributed by atoms with Crippen molar-refractivity contribution in [3.8, 4) is 5.75 Å². The molecular weight excluding hydrogens is 282 g/mol. The minimum atomic E-state index is -0.931. The van der Waals surface area contributed by atoms with Gasteiger partial charge in [0.15, 0.2) is 0 Å². The Kier molecular flexibility index (Phi) is 4.44. The van der Waals surface area contributed by atoms with Crippen LogP contribution in [-0.2, 0) is 13.2 Å². The third-order valence-electron chi connectivity index (χ3n) is 2.85. The summed E-state index contributed by atoms with van der Waals surface area (Å²) in [5.74, 6) is -0.971. The summed E-state index contributed by atoms with van der Waals surface area (Å²) in [4.78, 5) is 9.71. The van der Waals surface area contributed by atoms with Gasteiger partial charge in [0.25, 0.3) is 0 Å². The first kappa shape index (κ1) is 14.9. The standard InChI is InChI=1S/C14H12F2N2O3/c15-11-2-4-14(10(6-11)7-17)21-8-9-1-3-13(18(19)20)12(16)5-9/h1-6H,7-8,17H2. The first-order chi connectivity index (χ1) is 10.0. The van der Waals surface area contributed by atoms with Crippen molar-refractivity contribution in [3.05, 3.63) is 69.3 Å². The van der Waals surface area contributed by atoms with Crippen molar-refractivity contribution >= 4 is 5.69 Å². The summed E-state index contributed by atoms with van der Waals surface area (Å²) in [6.07, 6.45) is 0. The quantitative estimate of drug-likeness (QED) is 0.679.